The molecule has 682 valence electrons. The quantitative estimate of drug-likeness (QED) is 0.0205. The van der Waals surface area contributed by atoms with Crippen molar-refractivity contribution in [3.8, 4) is 5.75 Å². The summed E-state index contributed by atoms with van der Waals surface area (Å²) >= 11 is 3.44. The van der Waals surface area contributed by atoms with Gasteiger partial charge in [0.05, 0.1) is 87.3 Å². The zero-order valence-corrected chi connectivity index (χ0v) is 83.0. The molecule has 15 atom stereocenters. The number of ether oxygens (including phenoxy) is 9. The molecule has 6 heterocycles. The lowest BCUT2D eigenvalue weighted by Gasteiger charge is -2.49. The summed E-state index contributed by atoms with van der Waals surface area (Å²) in [4.78, 5) is 12.3. The van der Waals surface area contributed by atoms with Gasteiger partial charge in [-0.3, -0.25) is 0 Å². The molecule has 13 rings (SSSR count). The summed E-state index contributed by atoms with van der Waals surface area (Å²) in [7, 11) is -2.15. The van der Waals surface area contributed by atoms with E-state index in [9.17, 15) is 0 Å². The highest BCUT2D eigenvalue weighted by molar-refractivity contribution is 9.11. The van der Waals surface area contributed by atoms with Gasteiger partial charge in [-0.25, -0.2) is 9.97 Å². The van der Waals surface area contributed by atoms with E-state index in [1.165, 1.54) is 26.3 Å². The van der Waals surface area contributed by atoms with Crippen molar-refractivity contribution in [2.45, 2.75) is 261 Å². The lowest BCUT2D eigenvalue weighted by molar-refractivity contribution is -0.297. The van der Waals surface area contributed by atoms with Crippen LogP contribution in [-0.4, -0.2) is 143 Å². The second-order valence-electron chi connectivity index (χ2n) is 38.6. The van der Waals surface area contributed by atoms with Crippen molar-refractivity contribution in [1.29, 1.82) is 0 Å². The normalized spacial score (nSPS) is 24.4. The molecule has 0 spiro atoms. The first-order chi connectivity index (χ1) is 61.5. The number of allylic oxidation sites excluding steroid dienone is 2. The molecular formula is C108H137BrN2O14Si3. The fourth-order valence-electron chi connectivity index (χ4n) is 20.2. The predicted octanol–water partition coefficient (Wildman–Crippen LogP) is 21.3. The molecule has 20 heteroatoms. The standard InChI is InChI=1S/C108H137BrN2O14Si3/c1-76(54-57-83(112-15)39-38-61-109)65-100(125-128(107(12,13)14,94-48-33-23-34-49-94)95-50-35-24-36-51-95)99-70-89(114-17)71-108(115-18,123-99)72-102-110-82(74-116-102)66-78(3)103-80(5)104(118-73-81-55-58-84(113-16)59-56-81)79(4)97(122-103)52-37-53-101-111-96(75-117-101)98-69-88(124-127(106(9,10)11,92-44-29-21-30-45-92)93-46-31-22-32-47-93)68-87(121-98)67-86-64-77(2)63-85(120-86)60-62-119-126(105(6,7)8,90-40-25-19-26-41-90)91-42-27-20-28-43-91/h19-38,40-51,53-59,61,65-66,74-75,79-80,83,85-89,97-100,103-104H,2,39,52,60,62-64,67-73H2,1,3-18H3/b53-37+,57-54+,61-38+,76-65+,78-66+/t79-,80-,83+,85-,86+,87+,88+,89+,97+,98+,99+,100+,103-,104-,108-/m0/s1. The second kappa shape index (κ2) is 44.0. The molecule has 0 aliphatic carbocycles. The summed E-state index contributed by atoms with van der Waals surface area (Å²) in [5.74, 6) is 0.379. The van der Waals surface area contributed by atoms with Crippen LogP contribution < -0.4 is 35.9 Å². The van der Waals surface area contributed by atoms with Crippen LogP contribution in [0.2, 0.25) is 15.1 Å². The van der Waals surface area contributed by atoms with Crippen molar-refractivity contribution < 1.29 is 64.7 Å². The number of halogens is 1. The van der Waals surface area contributed by atoms with Crippen LogP contribution in [0.25, 0.3) is 12.2 Å². The van der Waals surface area contributed by atoms with E-state index in [-0.39, 0.29) is 88.3 Å². The van der Waals surface area contributed by atoms with Gasteiger partial charge in [0.1, 0.15) is 35.8 Å². The number of hydrogen-bond acceptors (Lipinski definition) is 16. The Labute approximate surface area is 773 Å². The molecule has 0 amide bonds. The molecule has 0 unspecified atom stereocenters. The Balaban J connectivity index is 0.753. The number of aromatic nitrogens is 2. The zero-order chi connectivity index (χ0) is 90.9. The first kappa shape index (κ1) is 97.4. The third kappa shape index (κ3) is 23.1. The highest BCUT2D eigenvalue weighted by atomic mass is 79.9. The van der Waals surface area contributed by atoms with Crippen LogP contribution in [0.15, 0.2) is 286 Å². The van der Waals surface area contributed by atoms with E-state index >= 15 is 0 Å². The summed E-state index contributed by atoms with van der Waals surface area (Å²) < 4.78 is 97.4. The number of oxazole rings is 2. The van der Waals surface area contributed by atoms with Crippen molar-refractivity contribution in [2.75, 3.05) is 35.0 Å². The predicted molar refractivity (Wildman–Crippen MR) is 525 cm³/mol. The van der Waals surface area contributed by atoms with Crippen molar-refractivity contribution >= 4 is 84.2 Å². The van der Waals surface area contributed by atoms with E-state index in [2.05, 4.69) is 337 Å². The minimum Gasteiger partial charge on any atom is -0.497 e. The summed E-state index contributed by atoms with van der Waals surface area (Å²) in [5.41, 5.74) is 5.55. The van der Waals surface area contributed by atoms with Gasteiger partial charge in [0.15, 0.2) is 11.7 Å². The van der Waals surface area contributed by atoms with Crippen LogP contribution in [0.1, 0.15) is 189 Å². The molecule has 4 fully saturated rings. The lowest BCUT2D eigenvalue weighted by Crippen LogP contribution is -2.69. The average molecular weight is 1850 g/mol. The first-order valence-electron chi connectivity index (χ1n) is 45.9. The molecule has 0 radical (unpaired) electrons. The van der Waals surface area contributed by atoms with Gasteiger partial charge < -0.3 is 64.7 Å². The molecule has 0 saturated carbocycles. The van der Waals surface area contributed by atoms with Gasteiger partial charge in [0, 0.05) is 65.5 Å². The maximum Gasteiger partial charge on any atom is 0.262 e. The van der Waals surface area contributed by atoms with E-state index in [4.69, 9.17) is 74.7 Å². The minimum absolute atomic E-state index is 0.0292. The first-order valence-corrected chi connectivity index (χ1v) is 52.5. The minimum atomic E-state index is -3.19. The van der Waals surface area contributed by atoms with Crippen molar-refractivity contribution in [3.05, 3.63) is 306 Å². The molecule has 4 saturated heterocycles. The van der Waals surface area contributed by atoms with Crippen LogP contribution in [0, 0.1) is 11.8 Å². The van der Waals surface area contributed by atoms with E-state index < -0.39 is 49.1 Å². The molecule has 4 aliphatic heterocycles. The van der Waals surface area contributed by atoms with E-state index in [0.717, 1.165) is 52.1 Å². The fraction of sp³-hybridized carbons (Fsp3) is 0.444. The zero-order valence-electron chi connectivity index (χ0n) is 78.4. The van der Waals surface area contributed by atoms with Gasteiger partial charge in [-0.1, -0.05) is 334 Å². The Morgan fingerprint density at radius 3 is 1.71 bits per heavy atom. The van der Waals surface area contributed by atoms with Gasteiger partial charge >= 0.3 is 0 Å². The lowest BCUT2D eigenvalue weighted by atomic mass is 9.79. The van der Waals surface area contributed by atoms with Crippen molar-refractivity contribution in [1.82, 2.24) is 9.97 Å². The number of rotatable bonds is 37. The van der Waals surface area contributed by atoms with Gasteiger partial charge in [-0.05, 0) is 139 Å². The van der Waals surface area contributed by atoms with Crippen molar-refractivity contribution in [2.24, 2.45) is 11.8 Å². The Bertz CT molecular complexity index is 4990. The monoisotopic (exact) mass is 1850 g/mol. The second-order valence-corrected chi connectivity index (χ2v) is 51.9. The maximum atomic E-state index is 8.06. The smallest absolute Gasteiger partial charge is 0.262 e. The SMILES string of the molecule is C=C1C[C@H](C[C@@H]2C[C@@H](O[Si](c3ccccc3)(c3ccccc3)C(C)(C)C)C[C@H](c3coc(/C=C/C[C@H]4O[C@@H](/C(C)=C/c5coc(C[C@]6(OC)C[C@H](OC)C[C@H]([C@@H](/C=C(C)/C=C/[C@@H](C/C=C/Br)OC)O[Si](c7ccccc7)(c7ccccc7)C(C)(C)C)O6)n5)[C@H](C)[C@@H](OCc5ccc(OC)cc5)[C@H]4C)n3)O2)O[C@@H](CCO[Si](c2ccccc2)(c2ccccc2)C(C)(C)C)C1. The molecular weight excluding hydrogens is 1710 g/mol. The summed E-state index contributed by atoms with van der Waals surface area (Å²) in [6, 6.07) is 73.1. The Morgan fingerprint density at radius 1 is 0.609 bits per heavy atom. The number of benzene rings is 7. The highest BCUT2D eigenvalue weighted by Gasteiger charge is 2.57. The molecule has 4 aliphatic rings. The van der Waals surface area contributed by atoms with E-state index in [1.54, 1.807) is 41.0 Å². The Morgan fingerprint density at radius 2 is 1.17 bits per heavy atom. The third-order valence-electron chi connectivity index (χ3n) is 26.5. The Kier molecular flexibility index (Phi) is 33.5. The molecule has 0 N–H and O–H groups in total. The molecule has 7 aromatic carbocycles. The summed E-state index contributed by atoms with van der Waals surface area (Å²) in [5, 5.41) is 6.55. The number of methoxy groups -OCH3 is 4. The largest absolute Gasteiger partial charge is 0.497 e. The molecule has 128 heavy (non-hydrogen) atoms. The molecule has 16 nitrogen and oxygen atoms in total. The fourth-order valence-corrected chi connectivity index (χ4v) is 34.3. The van der Waals surface area contributed by atoms with Gasteiger partial charge in [-0.2, -0.15) is 0 Å². The average Bonchev–Trinajstić information content (AvgIpc) is 0.785. The molecule has 2 aromatic heterocycles. The van der Waals surface area contributed by atoms with Gasteiger partial charge in [0.25, 0.3) is 25.0 Å². The van der Waals surface area contributed by atoms with Crippen LogP contribution in [-0.2, 0) is 64.2 Å². The number of hydrogen-bond donors (Lipinski definition) is 0. The van der Waals surface area contributed by atoms with Crippen LogP contribution in [0.3, 0.4) is 0 Å². The van der Waals surface area contributed by atoms with Gasteiger partial charge in [0.2, 0.25) is 5.89 Å². The van der Waals surface area contributed by atoms with Crippen LogP contribution in [0.5, 0.6) is 5.75 Å². The van der Waals surface area contributed by atoms with Crippen molar-refractivity contribution in [3.63, 3.8) is 0 Å². The van der Waals surface area contributed by atoms with Crippen LogP contribution in [0.4, 0.5) is 0 Å². The third-order valence-corrected chi connectivity index (χ3v) is 42.1. The highest BCUT2D eigenvalue weighted by Crippen LogP contribution is 2.47. The number of nitrogens with zero attached hydrogens (tertiary/aromatic N) is 2. The van der Waals surface area contributed by atoms with Crippen LogP contribution >= 0.6 is 15.9 Å². The molecule has 9 aromatic rings. The van der Waals surface area contributed by atoms with Gasteiger partial charge in [-0.15, -0.1) is 0 Å². The molecule has 0 bridgehead atoms. The van der Waals surface area contributed by atoms with E-state index in [0.29, 0.717) is 81.3 Å². The summed E-state index contributed by atoms with van der Waals surface area (Å²) in [6.07, 6.45) is 21.2. The van der Waals surface area contributed by atoms with E-state index in [1.807, 2.05) is 29.3 Å². The maximum absolute atomic E-state index is 8.06. The Hall–Kier alpha value is -8.11. The topological polar surface area (TPSA) is 163 Å². The summed E-state index contributed by atoms with van der Waals surface area (Å²) in [6.45, 7) is 35.2.